The van der Waals surface area contributed by atoms with Crippen molar-refractivity contribution in [3.8, 4) is 11.5 Å². The third kappa shape index (κ3) is 5.58. The topological polar surface area (TPSA) is 79.4 Å². The number of phenolic OH excluding ortho intramolecular Hbond substituents is 2. The summed E-state index contributed by atoms with van der Waals surface area (Å²) < 4.78 is 0. The average molecular weight is 523 g/mol. The lowest BCUT2D eigenvalue weighted by molar-refractivity contribution is 0.345. The number of hydrogen-bond acceptors (Lipinski definition) is 4. The van der Waals surface area contributed by atoms with E-state index in [0.717, 1.165) is 27.8 Å². The van der Waals surface area contributed by atoms with E-state index in [0.29, 0.717) is 0 Å². The highest BCUT2D eigenvalue weighted by Crippen LogP contribution is 2.47. The van der Waals surface area contributed by atoms with Crippen LogP contribution in [0.5, 0.6) is 11.5 Å². The summed E-state index contributed by atoms with van der Waals surface area (Å²) >= 11 is 0. The molecule has 1 atom stereocenters. The molecule has 0 radical (unpaired) electrons. The van der Waals surface area contributed by atoms with Crippen molar-refractivity contribution in [2.75, 3.05) is 0 Å². The van der Waals surface area contributed by atoms with Gasteiger partial charge in [-0.2, -0.15) is 0 Å². The van der Waals surface area contributed by atoms with Crippen LogP contribution in [0.1, 0.15) is 93.3 Å². The third-order valence-corrected chi connectivity index (χ3v) is 8.29. The minimum atomic E-state index is -0.325. The Hall–Kier alpha value is -3.63. The summed E-state index contributed by atoms with van der Waals surface area (Å²) in [5.41, 5.74) is 12.9. The summed E-state index contributed by atoms with van der Waals surface area (Å²) in [5.74, 6) is 0.518. The van der Waals surface area contributed by atoms with Crippen molar-refractivity contribution in [2.24, 2.45) is 11.1 Å². The first-order valence-electron chi connectivity index (χ1n) is 13.6. The molecule has 0 bridgehead atoms. The van der Waals surface area contributed by atoms with Gasteiger partial charge in [0, 0.05) is 46.8 Å². The number of aromatic hydroxyl groups is 2. The van der Waals surface area contributed by atoms with E-state index in [1.165, 1.54) is 11.1 Å². The van der Waals surface area contributed by atoms with Crippen LogP contribution in [0.4, 0.5) is 0 Å². The predicted octanol–water partition coefficient (Wildman–Crippen LogP) is 7.78. The third-order valence-electron chi connectivity index (χ3n) is 8.29. The van der Waals surface area contributed by atoms with Crippen molar-refractivity contribution < 1.29 is 10.2 Å². The zero-order valence-corrected chi connectivity index (χ0v) is 24.3. The molecular weight excluding hydrogens is 480 g/mol. The molecule has 4 nitrogen and oxygen atoms in total. The number of rotatable bonds is 7. The lowest BCUT2D eigenvalue weighted by Crippen LogP contribution is -2.24. The van der Waals surface area contributed by atoms with Gasteiger partial charge in [0.1, 0.15) is 11.5 Å². The Labute approximate surface area is 233 Å². The lowest BCUT2D eigenvalue weighted by atomic mass is 9.69. The fourth-order valence-electron chi connectivity index (χ4n) is 5.67. The van der Waals surface area contributed by atoms with Crippen LogP contribution < -0.4 is 5.73 Å². The molecule has 39 heavy (non-hydrogen) atoms. The Bertz CT molecular complexity index is 1410. The Kier molecular flexibility index (Phi) is 7.64. The van der Waals surface area contributed by atoms with Crippen LogP contribution in [-0.2, 0) is 17.4 Å². The van der Waals surface area contributed by atoms with Gasteiger partial charge in [-0.1, -0.05) is 90.9 Å². The van der Waals surface area contributed by atoms with Crippen molar-refractivity contribution in [3.63, 3.8) is 0 Å². The summed E-state index contributed by atoms with van der Waals surface area (Å²) in [6.45, 7) is 15.7. The molecule has 1 aromatic heterocycles. The number of hydrogen-bond donors (Lipinski definition) is 3. The van der Waals surface area contributed by atoms with Crippen LogP contribution >= 0.6 is 0 Å². The highest BCUT2D eigenvalue weighted by molar-refractivity contribution is 5.53. The molecule has 0 spiro atoms. The Morgan fingerprint density at radius 2 is 1.13 bits per heavy atom. The molecule has 4 rings (SSSR count). The predicted molar refractivity (Wildman–Crippen MR) is 160 cm³/mol. The number of pyridine rings is 1. The zero-order chi connectivity index (χ0) is 28.6. The van der Waals surface area contributed by atoms with E-state index >= 15 is 0 Å². The molecule has 0 amide bonds. The van der Waals surface area contributed by atoms with Gasteiger partial charge in [0.25, 0.3) is 0 Å². The fraction of sp³-hybridized carbons (Fsp3) is 0.343. The van der Waals surface area contributed by atoms with Gasteiger partial charge in [0.05, 0.1) is 0 Å². The highest BCUT2D eigenvalue weighted by atomic mass is 16.3. The van der Waals surface area contributed by atoms with Crippen LogP contribution in [0.2, 0.25) is 0 Å². The maximum absolute atomic E-state index is 11.4. The number of phenols is 2. The SMILES string of the molecule is CC(C)(c1ccc(O)cc1)c1ccc(C(C)(C)c2cc(CN)c(O)c(C(c3ccncc3)C(C)(C)C)c2)cc1. The molecule has 4 aromatic rings. The molecular formula is C35H42N2O2. The van der Waals surface area contributed by atoms with E-state index in [-0.39, 0.29) is 40.2 Å². The average Bonchev–Trinajstić information content (AvgIpc) is 2.90. The molecule has 0 aliphatic carbocycles. The Morgan fingerprint density at radius 1 is 0.667 bits per heavy atom. The summed E-state index contributed by atoms with van der Waals surface area (Å²) in [7, 11) is 0. The molecule has 0 aliphatic heterocycles. The Morgan fingerprint density at radius 3 is 1.59 bits per heavy atom. The van der Waals surface area contributed by atoms with Gasteiger partial charge < -0.3 is 15.9 Å². The van der Waals surface area contributed by atoms with Crippen molar-refractivity contribution in [2.45, 2.75) is 71.8 Å². The second kappa shape index (κ2) is 10.5. The smallest absolute Gasteiger partial charge is 0.123 e. The maximum atomic E-state index is 11.4. The van der Waals surface area contributed by atoms with E-state index in [2.05, 4.69) is 89.8 Å². The van der Waals surface area contributed by atoms with Crippen molar-refractivity contribution in [1.82, 2.24) is 4.98 Å². The van der Waals surface area contributed by atoms with E-state index in [1.54, 1.807) is 12.1 Å². The van der Waals surface area contributed by atoms with Crippen molar-refractivity contribution in [3.05, 3.63) is 124 Å². The molecule has 1 unspecified atom stereocenters. The van der Waals surface area contributed by atoms with Crippen molar-refractivity contribution >= 4 is 0 Å². The largest absolute Gasteiger partial charge is 0.508 e. The second-order valence-electron chi connectivity index (χ2n) is 12.7. The van der Waals surface area contributed by atoms with Gasteiger partial charge in [0.2, 0.25) is 0 Å². The normalized spacial score (nSPS) is 13.3. The minimum absolute atomic E-state index is 0.0324. The lowest BCUT2D eigenvalue weighted by Gasteiger charge is -2.35. The molecule has 0 saturated heterocycles. The van der Waals surface area contributed by atoms with Crippen LogP contribution in [0.3, 0.4) is 0 Å². The summed E-state index contributed by atoms with van der Waals surface area (Å²) in [5, 5.41) is 21.1. The van der Waals surface area contributed by atoms with E-state index in [1.807, 2.05) is 36.7 Å². The second-order valence-corrected chi connectivity index (χ2v) is 12.7. The number of nitrogens with two attached hydrogens (primary N) is 1. The van der Waals surface area contributed by atoms with E-state index in [4.69, 9.17) is 5.73 Å². The molecule has 4 N–H and O–H groups in total. The van der Waals surface area contributed by atoms with E-state index in [9.17, 15) is 10.2 Å². The molecule has 204 valence electrons. The molecule has 1 heterocycles. The molecule has 0 saturated carbocycles. The number of aromatic nitrogens is 1. The monoisotopic (exact) mass is 522 g/mol. The molecule has 4 heteroatoms. The van der Waals surface area contributed by atoms with Gasteiger partial charge >= 0.3 is 0 Å². The van der Waals surface area contributed by atoms with Crippen molar-refractivity contribution in [1.29, 1.82) is 0 Å². The van der Waals surface area contributed by atoms with Crippen LogP contribution in [0.25, 0.3) is 0 Å². The summed E-state index contributed by atoms with van der Waals surface area (Å²) in [4.78, 5) is 4.21. The zero-order valence-electron chi connectivity index (χ0n) is 24.3. The number of benzene rings is 3. The first-order valence-corrected chi connectivity index (χ1v) is 13.6. The quantitative estimate of drug-likeness (QED) is 0.231. The summed E-state index contributed by atoms with van der Waals surface area (Å²) in [6, 6.07) is 24.5. The van der Waals surface area contributed by atoms with Crippen LogP contribution in [0, 0.1) is 5.41 Å². The maximum Gasteiger partial charge on any atom is 0.123 e. The molecule has 0 aliphatic rings. The van der Waals surface area contributed by atoms with Gasteiger partial charge in [-0.3, -0.25) is 4.98 Å². The van der Waals surface area contributed by atoms with Crippen LogP contribution in [-0.4, -0.2) is 15.2 Å². The van der Waals surface area contributed by atoms with Gasteiger partial charge in [-0.15, -0.1) is 0 Å². The minimum Gasteiger partial charge on any atom is -0.508 e. The van der Waals surface area contributed by atoms with Gasteiger partial charge in [0.15, 0.2) is 0 Å². The summed E-state index contributed by atoms with van der Waals surface area (Å²) in [6.07, 6.45) is 3.62. The van der Waals surface area contributed by atoms with Gasteiger partial charge in [-0.05, 0) is 63.6 Å². The van der Waals surface area contributed by atoms with Crippen LogP contribution in [0.15, 0.2) is 85.2 Å². The molecule has 0 fully saturated rings. The van der Waals surface area contributed by atoms with Gasteiger partial charge in [-0.25, -0.2) is 0 Å². The first kappa shape index (κ1) is 28.4. The number of nitrogens with zero attached hydrogens (tertiary/aromatic N) is 1. The fourth-order valence-corrected chi connectivity index (χ4v) is 5.67. The standard InChI is InChI=1S/C35H42N2O2/c1-33(2,3)31(23-16-18-37-19-17-23)30-21-28(20-24(22-36)32(30)39)35(6,7)26-10-8-25(9-11-26)34(4,5)27-12-14-29(38)15-13-27/h8-21,31,38-39H,22,36H2,1-7H3. The Balaban J connectivity index is 1.78. The highest BCUT2D eigenvalue weighted by Gasteiger charge is 2.33. The first-order chi connectivity index (χ1) is 18.3. The van der Waals surface area contributed by atoms with E-state index < -0.39 is 0 Å². The molecule has 3 aromatic carbocycles.